The first-order valence-corrected chi connectivity index (χ1v) is 5.07. The molecule has 0 aromatic carbocycles. The highest BCUT2D eigenvalue weighted by Crippen LogP contribution is 2.16. The van der Waals surface area contributed by atoms with E-state index in [1.807, 2.05) is 6.92 Å². The van der Waals surface area contributed by atoms with Crippen LogP contribution in [0.5, 0.6) is 0 Å². The van der Waals surface area contributed by atoms with E-state index in [2.05, 4.69) is 18.8 Å². The summed E-state index contributed by atoms with van der Waals surface area (Å²) in [5, 5.41) is 3.33. The second-order valence-electron chi connectivity index (χ2n) is 3.98. The molecule has 0 aromatic heterocycles. The van der Waals surface area contributed by atoms with Crippen LogP contribution in [0.2, 0.25) is 0 Å². The Morgan fingerprint density at radius 1 is 1.57 bits per heavy atom. The smallest absolute Gasteiger partial charge is 0.156 e. The van der Waals surface area contributed by atoms with E-state index in [4.69, 9.17) is 0 Å². The predicted octanol–water partition coefficient (Wildman–Crippen LogP) is 2.33. The van der Waals surface area contributed by atoms with Gasteiger partial charge in [0.1, 0.15) is 0 Å². The maximum absolute atomic E-state index is 11.7. The summed E-state index contributed by atoms with van der Waals surface area (Å²) in [5.74, 6) is 0.282. The highest BCUT2D eigenvalue weighted by Gasteiger charge is 2.25. The molecule has 0 aromatic rings. The summed E-state index contributed by atoms with van der Waals surface area (Å²) >= 11 is 0. The zero-order chi connectivity index (χ0) is 9.84. The second kappa shape index (κ2) is 6.20. The molecule has 1 saturated heterocycles. The van der Waals surface area contributed by atoms with Crippen LogP contribution < -0.4 is 5.32 Å². The zero-order valence-corrected chi connectivity index (χ0v) is 9.77. The number of ketones is 1. The van der Waals surface area contributed by atoms with Crippen molar-refractivity contribution < 1.29 is 4.79 Å². The average Bonchev–Trinajstić information content (AvgIpc) is 2.15. The standard InChI is InChI=1S/C11H19NO.ClH/c1-4-8(2)11(13)10-7-5-6-9(3)12-10;/h4,8-10,12H,1,5-7H2,2-3H3;1H/t8?,9-,10+;/m1./s1. The SMILES string of the molecule is C=CC(C)C(=O)[C@@H]1CCC[C@@H](C)N1.Cl. The van der Waals surface area contributed by atoms with Crippen molar-refractivity contribution in [2.24, 2.45) is 5.92 Å². The Balaban J connectivity index is 0.00000169. The van der Waals surface area contributed by atoms with Gasteiger partial charge in [-0.3, -0.25) is 4.79 Å². The molecule has 1 aliphatic heterocycles. The van der Waals surface area contributed by atoms with Gasteiger partial charge < -0.3 is 5.32 Å². The fraction of sp³-hybridized carbons (Fsp3) is 0.727. The highest BCUT2D eigenvalue weighted by atomic mass is 35.5. The molecular formula is C11H20ClNO. The van der Waals surface area contributed by atoms with Gasteiger partial charge in [0, 0.05) is 12.0 Å². The fourth-order valence-corrected chi connectivity index (χ4v) is 1.80. The van der Waals surface area contributed by atoms with Crippen LogP contribution in [0.1, 0.15) is 33.1 Å². The summed E-state index contributed by atoms with van der Waals surface area (Å²) in [6, 6.07) is 0.552. The summed E-state index contributed by atoms with van der Waals surface area (Å²) in [6.45, 7) is 7.70. The van der Waals surface area contributed by atoms with Crippen LogP contribution in [0.25, 0.3) is 0 Å². The van der Waals surface area contributed by atoms with Crippen LogP contribution in [-0.4, -0.2) is 17.9 Å². The molecule has 1 aliphatic rings. The van der Waals surface area contributed by atoms with Crippen LogP contribution in [0, 0.1) is 5.92 Å². The number of rotatable bonds is 3. The summed E-state index contributed by atoms with van der Waals surface area (Å²) in [4.78, 5) is 11.7. The lowest BCUT2D eigenvalue weighted by Crippen LogP contribution is -2.46. The molecule has 1 fully saturated rings. The molecule has 0 bridgehead atoms. The average molecular weight is 218 g/mol. The Hall–Kier alpha value is -0.340. The van der Waals surface area contributed by atoms with Crippen molar-refractivity contribution in [2.45, 2.75) is 45.2 Å². The summed E-state index contributed by atoms with van der Waals surface area (Å²) in [5.41, 5.74) is 0. The number of hydrogen-bond acceptors (Lipinski definition) is 2. The summed E-state index contributed by atoms with van der Waals surface area (Å²) < 4.78 is 0. The van der Waals surface area contributed by atoms with E-state index >= 15 is 0 Å². The normalized spacial score (nSPS) is 28.7. The maximum Gasteiger partial charge on any atom is 0.156 e. The van der Waals surface area contributed by atoms with Gasteiger partial charge in [-0.15, -0.1) is 19.0 Å². The first-order chi connectivity index (χ1) is 6.15. The Labute approximate surface area is 92.6 Å². The Morgan fingerprint density at radius 3 is 2.71 bits per heavy atom. The van der Waals surface area contributed by atoms with Gasteiger partial charge in [-0.1, -0.05) is 13.0 Å². The van der Waals surface area contributed by atoms with E-state index in [0.29, 0.717) is 11.8 Å². The lowest BCUT2D eigenvalue weighted by Gasteiger charge is -2.28. The van der Waals surface area contributed by atoms with Gasteiger partial charge in [0.15, 0.2) is 5.78 Å². The maximum atomic E-state index is 11.7. The van der Waals surface area contributed by atoms with Crippen molar-refractivity contribution in [2.75, 3.05) is 0 Å². The van der Waals surface area contributed by atoms with Gasteiger partial charge in [-0.05, 0) is 26.2 Å². The molecular weight excluding hydrogens is 198 g/mol. The molecule has 82 valence electrons. The molecule has 3 atom stereocenters. The Morgan fingerprint density at radius 2 is 2.21 bits per heavy atom. The topological polar surface area (TPSA) is 29.1 Å². The molecule has 1 heterocycles. The molecule has 0 aliphatic carbocycles. The molecule has 0 amide bonds. The van der Waals surface area contributed by atoms with Gasteiger partial charge in [0.25, 0.3) is 0 Å². The lowest BCUT2D eigenvalue weighted by molar-refractivity contribution is -0.123. The van der Waals surface area contributed by atoms with Gasteiger partial charge in [-0.25, -0.2) is 0 Å². The third-order valence-corrected chi connectivity index (χ3v) is 2.76. The fourth-order valence-electron chi connectivity index (χ4n) is 1.80. The highest BCUT2D eigenvalue weighted by molar-refractivity contribution is 5.87. The Kier molecular flexibility index (Phi) is 6.05. The first-order valence-electron chi connectivity index (χ1n) is 5.07. The van der Waals surface area contributed by atoms with Crippen molar-refractivity contribution in [1.82, 2.24) is 5.32 Å². The number of carbonyl (C=O) groups excluding carboxylic acids is 1. The number of hydrogen-bond donors (Lipinski definition) is 1. The lowest BCUT2D eigenvalue weighted by atomic mass is 9.91. The van der Waals surface area contributed by atoms with Crippen LogP contribution in [0.15, 0.2) is 12.7 Å². The van der Waals surface area contributed by atoms with Crippen LogP contribution in [-0.2, 0) is 4.79 Å². The molecule has 0 saturated carbocycles. The van der Waals surface area contributed by atoms with Crippen molar-refractivity contribution >= 4 is 18.2 Å². The Bertz CT molecular complexity index is 205. The summed E-state index contributed by atoms with van der Waals surface area (Å²) in [6.07, 6.45) is 5.06. The monoisotopic (exact) mass is 217 g/mol. The molecule has 0 radical (unpaired) electrons. The molecule has 1 unspecified atom stereocenters. The summed E-state index contributed by atoms with van der Waals surface area (Å²) in [7, 11) is 0. The van der Waals surface area contributed by atoms with Gasteiger partial charge in [-0.2, -0.15) is 0 Å². The van der Waals surface area contributed by atoms with Gasteiger partial charge >= 0.3 is 0 Å². The van der Waals surface area contributed by atoms with Crippen molar-refractivity contribution in [1.29, 1.82) is 0 Å². The quantitative estimate of drug-likeness (QED) is 0.736. The number of carbonyl (C=O) groups is 1. The number of allylic oxidation sites excluding steroid dienone is 1. The molecule has 14 heavy (non-hydrogen) atoms. The number of nitrogens with one attached hydrogen (secondary N) is 1. The number of Topliss-reactive ketones (excluding diaryl/α,β-unsaturated/α-hetero) is 1. The first kappa shape index (κ1) is 13.7. The van der Waals surface area contributed by atoms with Crippen LogP contribution >= 0.6 is 12.4 Å². The third kappa shape index (κ3) is 3.43. The predicted molar refractivity (Wildman–Crippen MR) is 61.9 cm³/mol. The molecule has 0 spiro atoms. The minimum atomic E-state index is -0.0113. The molecule has 3 heteroatoms. The largest absolute Gasteiger partial charge is 0.305 e. The van der Waals surface area contributed by atoms with Gasteiger partial charge in [0.2, 0.25) is 0 Å². The number of halogens is 1. The molecule has 1 N–H and O–H groups in total. The van der Waals surface area contributed by atoms with Gasteiger partial charge in [0.05, 0.1) is 6.04 Å². The van der Waals surface area contributed by atoms with Crippen molar-refractivity contribution in [3.05, 3.63) is 12.7 Å². The minimum Gasteiger partial charge on any atom is -0.305 e. The van der Waals surface area contributed by atoms with Crippen LogP contribution in [0.3, 0.4) is 0 Å². The van der Waals surface area contributed by atoms with E-state index in [1.165, 1.54) is 6.42 Å². The van der Waals surface area contributed by atoms with E-state index in [9.17, 15) is 4.79 Å². The van der Waals surface area contributed by atoms with Crippen molar-refractivity contribution in [3.63, 3.8) is 0 Å². The zero-order valence-electron chi connectivity index (χ0n) is 8.95. The van der Waals surface area contributed by atoms with Crippen LogP contribution in [0.4, 0.5) is 0 Å². The second-order valence-corrected chi connectivity index (χ2v) is 3.98. The van der Waals surface area contributed by atoms with E-state index in [1.54, 1.807) is 6.08 Å². The van der Waals surface area contributed by atoms with E-state index in [-0.39, 0.29) is 24.4 Å². The molecule has 1 rings (SSSR count). The third-order valence-electron chi connectivity index (χ3n) is 2.76. The van der Waals surface area contributed by atoms with Crippen molar-refractivity contribution in [3.8, 4) is 0 Å². The number of piperidine rings is 1. The van der Waals surface area contributed by atoms with E-state index in [0.717, 1.165) is 12.8 Å². The minimum absolute atomic E-state index is 0. The molecule has 2 nitrogen and oxygen atoms in total. The van der Waals surface area contributed by atoms with E-state index < -0.39 is 0 Å².